The quantitative estimate of drug-likeness (QED) is 0.542. The monoisotopic (exact) mass is 278 g/mol. The van der Waals surface area contributed by atoms with E-state index in [-0.39, 0.29) is 0 Å². The SMILES string of the molecule is CCO[Si](C)(CCC(Cl)(Cl)Cl)OCC. The Hall–Kier alpha value is 1.01. The van der Waals surface area contributed by atoms with E-state index in [0.29, 0.717) is 25.7 Å². The second-order valence-electron chi connectivity index (χ2n) is 3.12. The van der Waals surface area contributed by atoms with Gasteiger partial charge in [-0.3, -0.25) is 0 Å². The van der Waals surface area contributed by atoms with Gasteiger partial charge in [0.05, 0.1) is 0 Å². The second-order valence-corrected chi connectivity index (χ2v) is 8.98. The Labute approximate surface area is 102 Å². The van der Waals surface area contributed by atoms with E-state index < -0.39 is 12.4 Å². The van der Waals surface area contributed by atoms with Crippen LogP contribution in [0.25, 0.3) is 0 Å². The first-order valence-corrected chi connectivity index (χ1v) is 8.33. The van der Waals surface area contributed by atoms with Gasteiger partial charge in [-0.2, -0.15) is 0 Å². The molecule has 0 amide bonds. The fourth-order valence-electron chi connectivity index (χ4n) is 1.17. The van der Waals surface area contributed by atoms with Gasteiger partial charge in [0.15, 0.2) is 3.79 Å². The van der Waals surface area contributed by atoms with Crippen molar-refractivity contribution >= 4 is 43.4 Å². The van der Waals surface area contributed by atoms with Gasteiger partial charge in [0, 0.05) is 13.2 Å². The number of hydrogen-bond donors (Lipinski definition) is 0. The lowest BCUT2D eigenvalue weighted by Gasteiger charge is -2.27. The van der Waals surface area contributed by atoms with Crippen LogP contribution in [0, 0.1) is 0 Å². The second kappa shape index (κ2) is 6.56. The number of alkyl halides is 3. The maximum atomic E-state index is 5.68. The molecule has 2 nitrogen and oxygen atoms in total. The first kappa shape index (κ1) is 15.0. The van der Waals surface area contributed by atoms with Crippen LogP contribution in [-0.2, 0) is 8.85 Å². The third-order valence-corrected chi connectivity index (χ3v) is 5.29. The molecule has 0 aromatic carbocycles. The molecule has 0 saturated carbocycles. The Bertz CT molecular complexity index is 155. The van der Waals surface area contributed by atoms with Crippen LogP contribution in [0.5, 0.6) is 0 Å². The lowest BCUT2D eigenvalue weighted by Crippen LogP contribution is -2.39. The van der Waals surface area contributed by atoms with Crippen LogP contribution < -0.4 is 0 Å². The van der Waals surface area contributed by atoms with Crippen molar-refractivity contribution in [2.75, 3.05) is 13.2 Å². The Morgan fingerprint density at radius 2 is 1.50 bits per heavy atom. The van der Waals surface area contributed by atoms with Gasteiger partial charge < -0.3 is 8.85 Å². The summed E-state index contributed by atoms with van der Waals surface area (Å²) in [6, 6.07) is 0.700. The van der Waals surface area contributed by atoms with Crippen molar-refractivity contribution in [1.82, 2.24) is 0 Å². The van der Waals surface area contributed by atoms with E-state index in [1.54, 1.807) is 0 Å². The third-order valence-electron chi connectivity index (χ3n) is 1.76. The van der Waals surface area contributed by atoms with Crippen LogP contribution in [0.2, 0.25) is 12.6 Å². The maximum absolute atomic E-state index is 5.68. The van der Waals surface area contributed by atoms with Crippen LogP contribution in [-0.4, -0.2) is 25.6 Å². The molecule has 0 bridgehead atoms. The van der Waals surface area contributed by atoms with Crippen molar-refractivity contribution in [1.29, 1.82) is 0 Å². The van der Waals surface area contributed by atoms with E-state index in [1.165, 1.54) is 0 Å². The average molecular weight is 280 g/mol. The van der Waals surface area contributed by atoms with Gasteiger partial charge in [-0.15, -0.1) is 0 Å². The van der Waals surface area contributed by atoms with Crippen molar-refractivity contribution in [3.8, 4) is 0 Å². The van der Waals surface area contributed by atoms with Gasteiger partial charge in [-0.25, -0.2) is 0 Å². The largest absolute Gasteiger partial charge is 0.395 e. The summed E-state index contributed by atoms with van der Waals surface area (Å²) in [5.41, 5.74) is 0. The Balaban J connectivity index is 4.08. The van der Waals surface area contributed by atoms with Crippen LogP contribution in [0.1, 0.15) is 20.3 Å². The van der Waals surface area contributed by atoms with Crippen LogP contribution in [0.3, 0.4) is 0 Å². The van der Waals surface area contributed by atoms with Gasteiger partial charge in [0.25, 0.3) is 0 Å². The van der Waals surface area contributed by atoms with Crippen LogP contribution in [0.4, 0.5) is 0 Å². The Morgan fingerprint density at radius 3 is 1.79 bits per heavy atom. The predicted molar refractivity (Wildman–Crippen MR) is 64.6 cm³/mol. The summed E-state index contributed by atoms with van der Waals surface area (Å²) < 4.78 is 10.0. The van der Waals surface area contributed by atoms with Crippen molar-refractivity contribution in [3.05, 3.63) is 0 Å². The normalized spacial score (nSPS) is 13.3. The molecule has 0 fully saturated rings. The molecular formula is C8H17Cl3O2Si. The molecule has 0 saturated heterocycles. The summed E-state index contributed by atoms with van der Waals surface area (Å²) in [4.78, 5) is 0. The Morgan fingerprint density at radius 1 is 1.07 bits per heavy atom. The molecule has 6 heteroatoms. The summed E-state index contributed by atoms with van der Waals surface area (Å²) >= 11 is 17.0. The van der Waals surface area contributed by atoms with Crippen molar-refractivity contribution in [2.45, 2.75) is 36.7 Å². The predicted octanol–water partition coefficient (Wildman–Crippen LogP) is 3.89. The number of rotatable bonds is 6. The third kappa shape index (κ3) is 7.32. The molecule has 0 aliphatic carbocycles. The summed E-state index contributed by atoms with van der Waals surface area (Å²) in [5, 5.41) is 0. The van der Waals surface area contributed by atoms with Crippen molar-refractivity contribution in [3.63, 3.8) is 0 Å². The summed E-state index contributed by atoms with van der Waals surface area (Å²) in [5.74, 6) is 0. The van der Waals surface area contributed by atoms with Gasteiger partial charge in [0.2, 0.25) is 0 Å². The first-order valence-electron chi connectivity index (χ1n) is 4.67. The fourth-order valence-corrected chi connectivity index (χ4v) is 4.35. The maximum Gasteiger partial charge on any atom is 0.335 e. The highest BCUT2D eigenvalue weighted by atomic mass is 35.6. The zero-order chi connectivity index (χ0) is 11.2. The minimum atomic E-state index is -2.11. The molecular weight excluding hydrogens is 263 g/mol. The zero-order valence-corrected chi connectivity index (χ0v) is 12.0. The lowest BCUT2D eigenvalue weighted by molar-refractivity contribution is 0.188. The zero-order valence-electron chi connectivity index (χ0n) is 8.78. The van der Waals surface area contributed by atoms with Gasteiger partial charge in [0.1, 0.15) is 0 Å². The van der Waals surface area contributed by atoms with E-state index in [9.17, 15) is 0 Å². The molecule has 0 aromatic heterocycles. The highest BCUT2D eigenvalue weighted by Gasteiger charge is 2.34. The molecule has 0 radical (unpaired) electrons. The Kier molecular flexibility index (Phi) is 7.03. The van der Waals surface area contributed by atoms with Crippen molar-refractivity contribution in [2.24, 2.45) is 0 Å². The summed E-state index contributed by atoms with van der Waals surface area (Å²) in [7, 11) is -2.11. The fraction of sp³-hybridized carbons (Fsp3) is 1.00. The van der Waals surface area contributed by atoms with E-state index in [4.69, 9.17) is 43.7 Å². The van der Waals surface area contributed by atoms with E-state index in [0.717, 1.165) is 0 Å². The lowest BCUT2D eigenvalue weighted by atomic mass is 10.6. The van der Waals surface area contributed by atoms with E-state index in [1.807, 2.05) is 20.4 Å². The average Bonchev–Trinajstić information content (AvgIpc) is 2.01. The van der Waals surface area contributed by atoms with Gasteiger partial charge in [-0.05, 0) is 32.9 Å². The first-order chi connectivity index (χ1) is 6.33. The van der Waals surface area contributed by atoms with Crippen LogP contribution >= 0.6 is 34.8 Å². The molecule has 0 rings (SSSR count). The topological polar surface area (TPSA) is 18.5 Å². The molecule has 0 aliphatic heterocycles. The molecule has 0 unspecified atom stereocenters. The molecule has 0 aromatic rings. The molecule has 14 heavy (non-hydrogen) atoms. The molecule has 0 heterocycles. The van der Waals surface area contributed by atoms with E-state index >= 15 is 0 Å². The minimum Gasteiger partial charge on any atom is -0.395 e. The number of halogens is 3. The molecule has 0 spiro atoms. The highest BCUT2D eigenvalue weighted by molar-refractivity contribution is 6.69. The van der Waals surface area contributed by atoms with Crippen LogP contribution in [0.15, 0.2) is 0 Å². The standard InChI is InChI=1S/C8H17Cl3O2Si/c1-4-12-14(3,13-5-2)7-6-8(9,10)11/h4-7H2,1-3H3. The summed E-state index contributed by atoms with van der Waals surface area (Å²) in [6.45, 7) is 7.17. The molecule has 86 valence electrons. The van der Waals surface area contributed by atoms with Gasteiger partial charge >= 0.3 is 8.56 Å². The van der Waals surface area contributed by atoms with Gasteiger partial charge in [-0.1, -0.05) is 34.8 Å². The molecule has 0 N–H and O–H groups in total. The smallest absolute Gasteiger partial charge is 0.335 e. The number of hydrogen-bond acceptors (Lipinski definition) is 2. The van der Waals surface area contributed by atoms with Crippen molar-refractivity contribution < 1.29 is 8.85 Å². The molecule has 0 atom stereocenters. The molecule has 0 aliphatic rings. The summed E-state index contributed by atoms with van der Waals surface area (Å²) in [6.07, 6.45) is 0.473. The highest BCUT2D eigenvalue weighted by Crippen LogP contribution is 2.34. The van der Waals surface area contributed by atoms with E-state index in [2.05, 4.69) is 0 Å². The minimum absolute atomic E-state index is 0.473.